The molecular formula is C13H23NO4. The summed E-state index contributed by atoms with van der Waals surface area (Å²) in [4.78, 5) is 13.8. The van der Waals surface area contributed by atoms with Crippen molar-refractivity contribution in [1.29, 1.82) is 0 Å². The maximum Gasteiger partial charge on any atom is 0.410 e. The van der Waals surface area contributed by atoms with Crippen molar-refractivity contribution in [2.75, 3.05) is 26.8 Å². The number of nitrogens with zero attached hydrogens (tertiary/aromatic N) is 1. The van der Waals surface area contributed by atoms with Crippen molar-refractivity contribution in [2.24, 2.45) is 0 Å². The fraction of sp³-hybridized carbons (Fsp3) is 0.923. The molecule has 0 N–H and O–H groups in total. The average Bonchev–Trinajstić information content (AvgIpc) is 2.23. The Balaban J connectivity index is 1.90. The van der Waals surface area contributed by atoms with Crippen LogP contribution in [0.4, 0.5) is 4.79 Å². The van der Waals surface area contributed by atoms with E-state index in [9.17, 15) is 4.79 Å². The average molecular weight is 257 g/mol. The molecule has 1 aliphatic carbocycles. The van der Waals surface area contributed by atoms with Gasteiger partial charge in [-0.05, 0) is 20.8 Å². The molecule has 1 aliphatic heterocycles. The lowest BCUT2D eigenvalue weighted by Gasteiger charge is -2.51. The highest BCUT2D eigenvalue weighted by Crippen LogP contribution is 2.40. The molecule has 5 nitrogen and oxygen atoms in total. The molecule has 1 saturated heterocycles. The fourth-order valence-corrected chi connectivity index (χ4v) is 2.51. The number of morpholine rings is 1. The van der Waals surface area contributed by atoms with Crippen molar-refractivity contribution in [1.82, 2.24) is 4.90 Å². The van der Waals surface area contributed by atoms with Crippen LogP contribution in [-0.4, -0.2) is 55.1 Å². The number of carbonyl (C=O) groups excluding carboxylic acids is 1. The molecule has 0 aromatic rings. The van der Waals surface area contributed by atoms with Gasteiger partial charge in [0.2, 0.25) is 0 Å². The molecule has 0 aromatic heterocycles. The Hall–Kier alpha value is -0.810. The van der Waals surface area contributed by atoms with E-state index in [1.54, 1.807) is 12.0 Å². The summed E-state index contributed by atoms with van der Waals surface area (Å²) in [6.45, 7) is 7.44. The summed E-state index contributed by atoms with van der Waals surface area (Å²) in [5, 5.41) is 0. The van der Waals surface area contributed by atoms with E-state index in [2.05, 4.69) is 0 Å². The molecular weight excluding hydrogens is 234 g/mol. The normalized spacial score (nSPS) is 32.2. The summed E-state index contributed by atoms with van der Waals surface area (Å²) in [5.74, 6) is 0. The molecule has 0 unspecified atom stereocenters. The first kappa shape index (κ1) is 13.6. The van der Waals surface area contributed by atoms with Gasteiger partial charge in [0.25, 0.3) is 0 Å². The molecule has 1 saturated carbocycles. The van der Waals surface area contributed by atoms with Gasteiger partial charge in [0.1, 0.15) is 5.60 Å². The smallest absolute Gasteiger partial charge is 0.410 e. The highest BCUT2D eigenvalue weighted by Gasteiger charge is 2.49. The van der Waals surface area contributed by atoms with Gasteiger partial charge >= 0.3 is 6.09 Å². The molecule has 0 bridgehead atoms. The molecule has 0 aromatic carbocycles. The predicted octanol–water partition coefficient (Wildman–Crippen LogP) is 1.80. The third-order valence-corrected chi connectivity index (χ3v) is 3.43. The molecule has 2 rings (SSSR count). The van der Waals surface area contributed by atoms with Crippen LogP contribution in [0.1, 0.15) is 33.6 Å². The summed E-state index contributed by atoms with van der Waals surface area (Å²) in [7, 11) is 1.71. The Morgan fingerprint density at radius 2 is 2.06 bits per heavy atom. The fourth-order valence-electron chi connectivity index (χ4n) is 2.51. The molecule has 1 heterocycles. The van der Waals surface area contributed by atoms with Gasteiger partial charge < -0.3 is 19.1 Å². The highest BCUT2D eigenvalue weighted by atomic mass is 16.6. The van der Waals surface area contributed by atoms with Crippen LogP contribution in [0.25, 0.3) is 0 Å². The van der Waals surface area contributed by atoms with Gasteiger partial charge in [-0.3, -0.25) is 0 Å². The predicted molar refractivity (Wildman–Crippen MR) is 66.5 cm³/mol. The molecule has 0 radical (unpaired) electrons. The largest absolute Gasteiger partial charge is 0.444 e. The van der Waals surface area contributed by atoms with Crippen LogP contribution in [0, 0.1) is 0 Å². The van der Waals surface area contributed by atoms with Gasteiger partial charge in [-0.1, -0.05) is 0 Å². The second kappa shape index (κ2) is 4.70. The third-order valence-electron chi connectivity index (χ3n) is 3.43. The van der Waals surface area contributed by atoms with Gasteiger partial charge in [0, 0.05) is 26.5 Å². The zero-order chi connectivity index (χ0) is 13.4. The second-order valence-corrected chi connectivity index (χ2v) is 6.20. The minimum Gasteiger partial charge on any atom is -0.444 e. The quantitative estimate of drug-likeness (QED) is 0.718. The summed E-state index contributed by atoms with van der Waals surface area (Å²) in [5.41, 5.74) is -0.646. The summed E-state index contributed by atoms with van der Waals surface area (Å²) in [6.07, 6.45) is 1.75. The minimum absolute atomic E-state index is 0.199. The van der Waals surface area contributed by atoms with Gasteiger partial charge in [-0.25, -0.2) is 4.79 Å². The van der Waals surface area contributed by atoms with Gasteiger partial charge in [-0.15, -0.1) is 0 Å². The van der Waals surface area contributed by atoms with E-state index < -0.39 is 5.60 Å². The highest BCUT2D eigenvalue weighted by molar-refractivity contribution is 5.68. The van der Waals surface area contributed by atoms with Crippen molar-refractivity contribution < 1.29 is 19.0 Å². The van der Waals surface area contributed by atoms with Gasteiger partial charge in [0.05, 0.1) is 24.9 Å². The summed E-state index contributed by atoms with van der Waals surface area (Å²) in [6, 6.07) is 0. The van der Waals surface area contributed by atoms with Crippen molar-refractivity contribution >= 4 is 6.09 Å². The lowest BCUT2D eigenvalue weighted by atomic mass is 9.76. The summed E-state index contributed by atoms with van der Waals surface area (Å²) >= 11 is 0. The molecule has 1 amide bonds. The lowest BCUT2D eigenvalue weighted by molar-refractivity contribution is -0.195. The maximum absolute atomic E-state index is 12.0. The Morgan fingerprint density at radius 3 is 2.61 bits per heavy atom. The molecule has 2 fully saturated rings. The Labute approximate surface area is 108 Å². The number of hydrogen-bond acceptors (Lipinski definition) is 4. The van der Waals surface area contributed by atoms with E-state index in [0.29, 0.717) is 19.7 Å². The Kier molecular flexibility index (Phi) is 3.56. The first-order valence-corrected chi connectivity index (χ1v) is 6.48. The monoisotopic (exact) mass is 257 g/mol. The first-order valence-electron chi connectivity index (χ1n) is 6.48. The molecule has 5 heteroatoms. The third kappa shape index (κ3) is 2.95. The first-order chi connectivity index (χ1) is 8.34. The number of rotatable bonds is 1. The van der Waals surface area contributed by atoms with Crippen molar-refractivity contribution in [3.8, 4) is 0 Å². The molecule has 18 heavy (non-hydrogen) atoms. The molecule has 104 valence electrons. The van der Waals surface area contributed by atoms with Crippen molar-refractivity contribution in [3.63, 3.8) is 0 Å². The maximum atomic E-state index is 12.0. The number of methoxy groups -OCH3 is 1. The van der Waals surface area contributed by atoms with Crippen LogP contribution < -0.4 is 0 Å². The van der Waals surface area contributed by atoms with Crippen LogP contribution >= 0.6 is 0 Å². The Morgan fingerprint density at radius 1 is 1.39 bits per heavy atom. The number of hydrogen-bond donors (Lipinski definition) is 0. The summed E-state index contributed by atoms with van der Waals surface area (Å²) < 4.78 is 16.5. The van der Waals surface area contributed by atoms with Gasteiger partial charge in [-0.2, -0.15) is 0 Å². The van der Waals surface area contributed by atoms with E-state index in [1.165, 1.54) is 0 Å². The van der Waals surface area contributed by atoms with Crippen LogP contribution in [0.2, 0.25) is 0 Å². The van der Waals surface area contributed by atoms with E-state index >= 15 is 0 Å². The standard InChI is InChI=1S/C13H23NO4/c1-12(2,3)18-11(15)14-5-6-17-13(9-14)7-10(8-13)16-4/h10H,5-9H2,1-4H3. The minimum atomic E-state index is -0.447. The topological polar surface area (TPSA) is 48.0 Å². The van der Waals surface area contributed by atoms with E-state index in [0.717, 1.165) is 12.8 Å². The van der Waals surface area contributed by atoms with E-state index in [4.69, 9.17) is 14.2 Å². The molecule has 0 atom stereocenters. The van der Waals surface area contributed by atoms with Crippen LogP contribution in [0.5, 0.6) is 0 Å². The number of carbonyl (C=O) groups is 1. The number of ether oxygens (including phenoxy) is 3. The zero-order valence-corrected chi connectivity index (χ0v) is 11.7. The van der Waals surface area contributed by atoms with Crippen LogP contribution in [0.3, 0.4) is 0 Å². The molecule has 1 spiro atoms. The van der Waals surface area contributed by atoms with Gasteiger partial charge in [0.15, 0.2) is 0 Å². The van der Waals surface area contributed by atoms with Crippen molar-refractivity contribution in [3.05, 3.63) is 0 Å². The molecule has 2 aliphatic rings. The lowest BCUT2D eigenvalue weighted by Crippen LogP contribution is -2.62. The number of amides is 1. The van der Waals surface area contributed by atoms with Crippen LogP contribution in [-0.2, 0) is 14.2 Å². The van der Waals surface area contributed by atoms with Crippen LogP contribution in [0.15, 0.2) is 0 Å². The second-order valence-electron chi connectivity index (χ2n) is 6.20. The van der Waals surface area contributed by atoms with E-state index in [1.807, 2.05) is 20.8 Å². The zero-order valence-electron chi connectivity index (χ0n) is 11.7. The van der Waals surface area contributed by atoms with E-state index in [-0.39, 0.29) is 17.8 Å². The Bertz CT molecular complexity index is 317. The SMILES string of the molecule is COC1CC2(C1)CN(C(=O)OC(C)(C)C)CCO2. The van der Waals surface area contributed by atoms with Crippen molar-refractivity contribution in [2.45, 2.75) is 50.9 Å².